The number of aryl methyl sites for hydroxylation is 1. The summed E-state index contributed by atoms with van der Waals surface area (Å²) in [6.45, 7) is 7.64. The molecule has 0 aliphatic carbocycles. The number of halogens is 1. The van der Waals surface area contributed by atoms with Crippen LogP contribution in [0.5, 0.6) is 0 Å². The van der Waals surface area contributed by atoms with Gasteiger partial charge in [-0.15, -0.1) is 0 Å². The molecule has 0 saturated carbocycles. The molecule has 2 rings (SSSR count). The number of aromatic nitrogens is 2. The van der Waals surface area contributed by atoms with Crippen molar-refractivity contribution < 1.29 is 21.5 Å². The summed E-state index contributed by atoms with van der Waals surface area (Å²) in [7, 11) is 0. The van der Waals surface area contributed by atoms with Crippen LogP contribution in [0.15, 0.2) is 30.6 Å². The molecule has 0 aliphatic heterocycles. The van der Waals surface area contributed by atoms with Gasteiger partial charge in [-0.1, -0.05) is 12.1 Å². The predicted molar refractivity (Wildman–Crippen MR) is 58.2 cm³/mol. The van der Waals surface area contributed by atoms with Crippen LogP contribution in [-0.2, 0) is 6.54 Å². The van der Waals surface area contributed by atoms with Crippen LogP contribution in [0.1, 0.15) is 26.8 Å². The molecule has 1 aromatic carbocycles. The van der Waals surface area contributed by atoms with Gasteiger partial charge in [0.25, 0.3) is 0 Å². The second kappa shape index (κ2) is 4.79. The standard InChI is InChI=1S/C12H17N2.BrH/c1-4-13-9-14(10(2)3)12-8-6-5-7-11(12)13;/h5-10H,4H2,1-3H3;1H/q+1;/p-1. The van der Waals surface area contributed by atoms with Gasteiger partial charge >= 0.3 is 0 Å². The number of nitrogens with zero attached hydrogens (tertiary/aromatic N) is 2. The average Bonchev–Trinajstić information content (AvgIpc) is 2.56. The van der Waals surface area contributed by atoms with Crippen LogP contribution in [0, 0.1) is 0 Å². The first-order valence-electron chi connectivity index (χ1n) is 5.23. The summed E-state index contributed by atoms with van der Waals surface area (Å²) in [5, 5.41) is 0. The van der Waals surface area contributed by atoms with E-state index in [1.165, 1.54) is 11.0 Å². The third-order valence-electron chi connectivity index (χ3n) is 2.63. The molecule has 2 nitrogen and oxygen atoms in total. The van der Waals surface area contributed by atoms with Gasteiger partial charge in [-0.2, -0.15) is 0 Å². The van der Waals surface area contributed by atoms with Crippen molar-refractivity contribution in [3.8, 4) is 0 Å². The minimum Gasteiger partial charge on any atom is -1.00 e. The Bertz CT molecular complexity index is 446. The van der Waals surface area contributed by atoms with E-state index in [1.54, 1.807) is 0 Å². The summed E-state index contributed by atoms with van der Waals surface area (Å²) < 4.78 is 4.61. The Labute approximate surface area is 101 Å². The first-order chi connectivity index (χ1) is 6.74. The summed E-state index contributed by atoms with van der Waals surface area (Å²) in [4.78, 5) is 0. The molecular formula is C12H17BrN2. The highest BCUT2D eigenvalue weighted by Gasteiger charge is 2.15. The van der Waals surface area contributed by atoms with Gasteiger partial charge in [0, 0.05) is 0 Å². The van der Waals surface area contributed by atoms with E-state index >= 15 is 0 Å². The van der Waals surface area contributed by atoms with Crippen molar-refractivity contribution in [2.75, 3.05) is 0 Å². The van der Waals surface area contributed by atoms with E-state index in [0.29, 0.717) is 6.04 Å². The molecule has 0 spiro atoms. The lowest BCUT2D eigenvalue weighted by Crippen LogP contribution is -3.00. The lowest BCUT2D eigenvalue weighted by molar-refractivity contribution is -0.692. The van der Waals surface area contributed by atoms with Gasteiger partial charge in [-0.3, -0.25) is 0 Å². The van der Waals surface area contributed by atoms with Gasteiger partial charge in [0.1, 0.15) is 0 Å². The molecule has 0 fully saturated rings. The second-order valence-electron chi connectivity index (χ2n) is 3.89. The maximum Gasteiger partial charge on any atom is 0.244 e. The number of hydrogen-bond donors (Lipinski definition) is 0. The summed E-state index contributed by atoms with van der Waals surface area (Å²) in [6.07, 6.45) is 2.20. The number of hydrogen-bond acceptors (Lipinski definition) is 0. The van der Waals surface area contributed by atoms with Gasteiger partial charge in [0.05, 0.1) is 12.6 Å². The Hall–Kier alpha value is -0.830. The van der Waals surface area contributed by atoms with E-state index in [1.807, 2.05) is 0 Å². The van der Waals surface area contributed by atoms with E-state index in [-0.39, 0.29) is 17.0 Å². The quantitative estimate of drug-likeness (QED) is 0.652. The van der Waals surface area contributed by atoms with Crippen molar-refractivity contribution in [1.29, 1.82) is 0 Å². The second-order valence-corrected chi connectivity index (χ2v) is 3.89. The molecule has 0 atom stereocenters. The van der Waals surface area contributed by atoms with E-state index in [4.69, 9.17) is 0 Å². The third-order valence-corrected chi connectivity index (χ3v) is 2.63. The summed E-state index contributed by atoms with van der Waals surface area (Å²) >= 11 is 0. The molecule has 0 amide bonds. The number of fused-ring (bicyclic) bond motifs is 1. The average molecular weight is 269 g/mol. The smallest absolute Gasteiger partial charge is 0.244 e. The minimum atomic E-state index is 0. The highest BCUT2D eigenvalue weighted by Crippen LogP contribution is 2.12. The molecule has 1 heterocycles. The molecule has 15 heavy (non-hydrogen) atoms. The fraction of sp³-hybridized carbons (Fsp3) is 0.417. The molecule has 0 aliphatic rings. The molecule has 82 valence electrons. The molecule has 1 aromatic heterocycles. The number of rotatable bonds is 2. The zero-order valence-electron chi connectivity index (χ0n) is 9.44. The SMILES string of the molecule is CCn1c[n+](C(C)C)c2ccccc21.[Br-]. The van der Waals surface area contributed by atoms with E-state index in [2.05, 4.69) is 60.5 Å². The largest absolute Gasteiger partial charge is 1.00 e. The monoisotopic (exact) mass is 268 g/mol. The Balaban J connectivity index is 0.00000112. The van der Waals surface area contributed by atoms with Gasteiger partial charge in [-0.25, -0.2) is 9.13 Å². The molecule has 0 saturated heterocycles. The Kier molecular flexibility index (Phi) is 3.91. The van der Waals surface area contributed by atoms with Crippen LogP contribution in [-0.4, -0.2) is 4.57 Å². The van der Waals surface area contributed by atoms with Crippen LogP contribution in [0.25, 0.3) is 11.0 Å². The number of imidazole rings is 1. The van der Waals surface area contributed by atoms with Crippen LogP contribution in [0.2, 0.25) is 0 Å². The summed E-state index contributed by atoms with van der Waals surface area (Å²) in [5.74, 6) is 0. The maximum absolute atomic E-state index is 2.32. The molecular weight excluding hydrogens is 252 g/mol. The zero-order chi connectivity index (χ0) is 10.1. The van der Waals surface area contributed by atoms with Gasteiger partial charge in [0.15, 0.2) is 11.0 Å². The van der Waals surface area contributed by atoms with Crippen LogP contribution >= 0.6 is 0 Å². The highest BCUT2D eigenvalue weighted by molar-refractivity contribution is 5.71. The molecule has 0 radical (unpaired) electrons. The van der Waals surface area contributed by atoms with E-state index in [9.17, 15) is 0 Å². The van der Waals surface area contributed by atoms with Crippen LogP contribution in [0.4, 0.5) is 0 Å². The van der Waals surface area contributed by atoms with Crippen molar-refractivity contribution in [3.05, 3.63) is 30.6 Å². The molecule has 0 unspecified atom stereocenters. The molecule has 0 N–H and O–H groups in total. The molecule has 2 aromatic rings. The highest BCUT2D eigenvalue weighted by atomic mass is 79.9. The Morgan fingerprint density at radius 1 is 1.27 bits per heavy atom. The van der Waals surface area contributed by atoms with Crippen molar-refractivity contribution >= 4 is 11.0 Å². The van der Waals surface area contributed by atoms with Crippen molar-refractivity contribution in [3.63, 3.8) is 0 Å². The maximum atomic E-state index is 2.32. The minimum absolute atomic E-state index is 0. The lowest BCUT2D eigenvalue weighted by atomic mass is 10.3. The van der Waals surface area contributed by atoms with Crippen LogP contribution in [0.3, 0.4) is 0 Å². The van der Waals surface area contributed by atoms with Crippen molar-refractivity contribution in [1.82, 2.24) is 4.57 Å². The van der Waals surface area contributed by atoms with Crippen LogP contribution < -0.4 is 21.5 Å². The lowest BCUT2D eigenvalue weighted by Gasteiger charge is -1.99. The number of para-hydroxylation sites is 2. The van der Waals surface area contributed by atoms with Gasteiger partial charge in [0.2, 0.25) is 6.33 Å². The number of benzene rings is 1. The predicted octanol–water partition coefficient (Wildman–Crippen LogP) is -0.466. The Morgan fingerprint density at radius 3 is 2.53 bits per heavy atom. The zero-order valence-corrected chi connectivity index (χ0v) is 11.0. The first-order valence-corrected chi connectivity index (χ1v) is 5.23. The molecule has 3 heteroatoms. The summed E-state index contributed by atoms with van der Waals surface area (Å²) in [6, 6.07) is 9.08. The molecule has 0 bridgehead atoms. The topological polar surface area (TPSA) is 8.81 Å². The third kappa shape index (κ3) is 2.07. The van der Waals surface area contributed by atoms with E-state index in [0.717, 1.165) is 6.54 Å². The van der Waals surface area contributed by atoms with Crippen molar-refractivity contribution in [2.24, 2.45) is 0 Å². The first kappa shape index (κ1) is 12.2. The van der Waals surface area contributed by atoms with Crippen molar-refractivity contribution in [2.45, 2.75) is 33.4 Å². The van der Waals surface area contributed by atoms with E-state index < -0.39 is 0 Å². The summed E-state index contributed by atoms with van der Waals surface area (Å²) in [5.41, 5.74) is 2.65. The van der Waals surface area contributed by atoms with Gasteiger partial charge in [-0.05, 0) is 32.9 Å². The van der Waals surface area contributed by atoms with Gasteiger partial charge < -0.3 is 17.0 Å². The Morgan fingerprint density at radius 2 is 1.93 bits per heavy atom. The fourth-order valence-electron chi connectivity index (χ4n) is 1.86. The fourth-order valence-corrected chi connectivity index (χ4v) is 1.86. The normalized spacial score (nSPS) is 10.7.